The van der Waals surface area contributed by atoms with Crippen LogP contribution in [0.15, 0.2) is 194 Å². The van der Waals surface area contributed by atoms with Crippen molar-refractivity contribution in [2.75, 3.05) is 0 Å². The predicted molar refractivity (Wildman–Crippen MR) is 227 cm³/mol. The Morgan fingerprint density at radius 1 is 0.321 bits per heavy atom. The highest BCUT2D eigenvalue weighted by Crippen LogP contribution is 2.49. The summed E-state index contributed by atoms with van der Waals surface area (Å²) in [6.45, 7) is 0. The summed E-state index contributed by atoms with van der Waals surface area (Å²) >= 11 is 0. The molecule has 0 aliphatic carbocycles. The van der Waals surface area contributed by atoms with Gasteiger partial charge in [-0.2, -0.15) is 0 Å². The maximum atomic E-state index is 6.71. The van der Waals surface area contributed by atoms with E-state index >= 15 is 0 Å². The van der Waals surface area contributed by atoms with Crippen molar-refractivity contribution in [3.63, 3.8) is 0 Å². The molecule has 5 nitrogen and oxygen atoms in total. The Labute approximate surface area is 323 Å². The van der Waals surface area contributed by atoms with E-state index in [0.29, 0.717) is 17.5 Å². The van der Waals surface area contributed by atoms with Gasteiger partial charge in [-0.3, -0.25) is 0 Å². The smallest absolute Gasteiger partial charge is 0.164 e. The van der Waals surface area contributed by atoms with Crippen LogP contribution in [0.2, 0.25) is 0 Å². The van der Waals surface area contributed by atoms with Crippen molar-refractivity contribution in [3.8, 4) is 84.7 Å². The lowest BCUT2D eigenvalue weighted by Gasteiger charge is -2.13. The molecule has 0 N–H and O–H groups in total. The highest BCUT2D eigenvalue weighted by molar-refractivity contribution is 6.12. The number of para-hydroxylation sites is 2. The molecule has 5 heteroatoms. The molecule has 0 spiro atoms. The van der Waals surface area contributed by atoms with Crippen LogP contribution in [-0.4, -0.2) is 19.5 Å². The van der Waals surface area contributed by atoms with E-state index in [1.54, 1.807) is 0 Å². The molecule has 262 valence electrons. The normalized spacial score (nSPS) is 11.7. The second kappa shape index (κ2) is 13.0. The lowest BCUT2D eigenvalue weighted by Crippen LogP contribution is -2.00. The molecule has 11 rings (SSSR count). The van der Waals surface area contributed by atoms with Gasteiger partial charge in [0, 0.05) is 44.3 Å². The fraction of sp³-hybridized carbons (Fsp3) is 0. The molecule has 0 atom stereocenters. The Bertz CT molecular complexity index is 3040. The Morgan fingerprint density at radius 2 is 0.857 bits per heavy atom. The molecule has 0 saturated carbocycles. The number of aromatic nitrogens is 4. The summed E-state index contributed by atoms with van der Waals surface area (Å²) in [4.78, 5) is 14.7. The highest BCUT2D eigenvalue weighted by atomic mass is 16.5. The Hall–Kier alpha value is -7.63. The van der Waals surface area contributed by atoms with Gasteiger partial charge in [0.15, 0.2) is 17.5 Å². The first-order valence-electron chi connectivity index (χ1n) is 18.8. The summed E-state index contributed by atoms with van der Waals surface area (Å²) in [5.74, 6) is 3.65. The van der Waals surface area contributed by atoms with E-state index in [2.05, 4.69) is 132 Å². The van der Waals surface area contributed by atoms with Gasteiger partial charge in [-0.1, -0.05) is 158 Å². The van der Waals surface area contributed by atoms with Crippen LogP contribution in [0.1, 0.15) is 0 Å². The van der Waals surface area contributed by atoms with E-state index in [4.69, 9.17) is 19.7 Å². The van der Waals surface area contributed by atoms with Gasteiger partial charge in [-0.25, -0.2) is 15.0 Å². The van der Waals surface area contributed by atoms with Gasteiger partial charge in [0.1, 0.15) is 11.5 Å². The van der Waals surface area contributed by atoms with Crippen LogP contribution in [0.5, 0.6) is 11.5 Å². The zero-order chi connectivity index (χ0) is 37.0. The van der Waals surface area contributed by atoms with Gasteiger partial charge < -0.3 is 9.30 Å². The molecule has 56 heavy (non-hydrogen) atoms. The standard InChI is InChI=1S/C51H32N4O/c1-3-14-34(15-4-1)49-52-50(35-16-5-2-6-17-35)54-51(53-49)36-28-26-33(27-29-36)37-18-13-19-38(30-37)55-45-24-11-9-22-41(45)43-32-48-44(31-46(43)55)40-21-8-7-20-39(40)42-23-10-12-25-47(42)56-48/h1-32H. The maximum absolute atomic E-state index is 6.71. The largest absolute Gasteiger partial charge is 0.456 e. The molecule has 0 fully saturated rings. The summed E-state index contributed by atoms with van der Waals surface area (Å²) in [5, 5.41) is 2.32. The average Bonchev–Trinajstić information content (AvgIpc) is 3.52. The molecule has 0 amide bonds. The molecule has 1 aliphatic rings. The van der Waals surface area contributed by atoms with Crippen LogP contribution in [0.25, 0.3) is 95.0 Å². The molecule has 0 bridgehead atoms. The third-order valence-electron chi connectivity index (χ3n) is 10.7. The number of nitrogens with zero attached hydrogens (tertiary/aromatic N) is 4. The summed E-state index contributed by atoms with van der Waals surface area (Å²) in [6.07, 6.45) is 0. The fourth-order valence-electron chi connectivity index (χ4n) is 7.99. The predicted octanol–water partition coefficient (Wildman–Crippen LogP) is 13.1. The van der Waals surface area contributed by atoms with Gasteiger partial charge >= 0.3 is 0 Å². The van der Waals surface area contributed by atoms with Crippen LogP contribution in [0.4, 0.5) is 0 Å². The number of benzene rings is 8. The number of hydrogen-bond donors (Lipinski definition) is 0. The van der Waals surface area contributed by atoms with E-state index in [0.717, 1.165) is 78.1 Å². The number of rotatable bonds is 5. The molecule has 3 heterocycles. The van der Waals surface area contributed by atoms with Crippen LogP contribution >= 0.6 is 0 Å². The molecular weight excluding hydrogens is 685 g/mol. The molecule has 1 aliphatic heterocycles. The van der Waals surface area contributed by atoms with E-state index in [-0.39, 0.29) is 0 Å². The lowest BCUT2D eigenvalue weighted by atomic mass is 9.94. The van der Waals surface area contributed by atoms with Crippen molar-refractivity contribution in [2.45, 2.75) is 0 Å². The van der Waals surface area contributed by atoms with Crippen LogP contribution in [0, 0.1) is 0 Å². The molecule has 0 unspecified atom stereocenters. The van der Waals surface area contributed by atoms with E-state index in [1.165, 1.54) is 10.9 Å². The summed E-state index contributed by atoms with van der Waals surface area (Å²) in [7, 11) is 0. The minimum absolute atomic E-state index is 0.635. The lowest BCUT2D eigenvalue weighted by molar-refractivity contribution is 0.488. The van der Waals surface area contributed by atoms with E-state index in [1.807, 2.05) is 66.7 Å². The minimum Gasteiger partial charge on any atom is -0.456 e. The molecule has 0 radical (unpaired) electrons. The van der Waals surface area contributed by atoms with Crippen molar-refractivity contribution < 1.29 is 4.74 Å². The molecule has 8 aromatic carbocycles. The minimum atomic E-state index is 0.635. The quantitative estimate of drug-likeness (QED) is 0.178. The van der Waals surface area contributed by atoms with Gasteiger partial charge in [0.05, 0.1) is 11.0 Å². The van der Waals surface area contributed by atoms with Gasteiger partial charge in [0.2, 0.25) is 0 Å². The number of fused-ring (bicyclic) bond motifs is 8. The molecule has 2 aromatic heterocycles. The molecule has 0 saturated heterocycles. The third kappa shape index (κ3) is 5.37. The Kier molecular flexibility index (Phi) is 7.42. The first-order chi connectivity index (χ1) is 27.7. The van der Waals surface area contributed by atoms with Crippen LogP contribution in [0.3, 0.4) is 0 Å². The van der Waals surface area contributed by atoms with Crippen molar-refractivity contribution in [1.29, 1.82) is 0 Å². The maximum Gasteiger partial charge on any atom is 0.164 e. The van der Waals surface area contributed by atoms with Crippen molar-refractivity contribution in [1.82, 2.24) is 19.5 Å². The SMILES string of the molecule is c1ccc(-c2nc(-c3ccccc3)nc(-c3ccc(-c4cccc(-n5c6ccccc6c6cc7c(cc65)-c5ccccc5-c5ccccc5O7)c4)cc3)n2)cc1. The van der Waals surface area contributed by atoms with Crippen molar-refractivity contribution in [3.05, 3.63) is 194 Å². The monoisotopic (exact) mass is 716 g/mol. The Balaban J connectivity index is 1.01. The second-order valence-corrected chi connectivity index (χ2v) is 14.0. The van der Waals surface area contributed by atoms with Gasteiger partial charge in [-0.15, -0.1) is 0 Å². The zero-order valence-corrected chi connectivity index (χ0v) is 30.2. The third-order valence-corrected chi connectivity index (χ3v) is 10.7. The van der Waals surface area contributed by atoms with Crippen LogP contribution in [-0.2, 0) is 0 Å². The summed E-state index contributed by atoms with van der Waals surface area (Å²) in [5.41, 5.74) is 12.9. The van der Waals surface area contributed by atoms with Gasteiger partial charge in [0.25, 0.3) is 0 Å². The summed E-state index contributed by atoms with van der Waals surface area (Å²) < 4.78 is 9.09. The van der Waals surface area contributed by atoms with Crippen LogP contribution < -0.4 is 4.74 Å². The van der Waals surface area contributed by atoms with Crippen molar-refractivity contribution in [2.24, 2.45) is 0 Å². The van der Waals surface area contributed by atoms with E-state index in [9.17, 15) is 0 Å². The molecule has 10 aromatic rings. The number of ether oxygens (including phenoxy) is 1. The fourth-order valence-corrected chi connectivity index (χ4v) is 7.99. The topological polar surface area (TPSA) is 52.8 Å². The first-order valence-corrected chi connectivity index (χ1v) is 18.8. The van der Waals surface area contributed by atoms with E-state index < -0.39 is 0 Å². The van der Waals surface area contributed by atoms with Crippen molar-refractivity contribution >= 4 is 21.8 Å². The number of hydrogen-bond acceptors (Lipinski definition) is 4. The van der Waals surface area contributed by atoms with Gasteiger partial charge in [-0.05, 0) is 58.7 Å². The molecular formula is C51H32N4O. The first kappa shape index (κ1) is 31.9. The summed E-state index contributed by atoms with van der Waals surface area (Å²) in [6, 6.07) is 67.5. The zero-order valence-electron chi connectivity index (χ0n) is 30.2. The highest BCUT2D eigenvalue weighted by Gasteiger charge is 2.23. The Morgan fingerprint density at radius 3 is 1.55 bits per heavy atom. The second-order valence-electron chi connectivity index (χ2n) is 14.0. The average molecular weight is 717 g/mol.